The Bertz CT molecular complexity index is 357. The van der Waals surface area contributed by atoms with Crippen LogP contribution in [0.25, 0.3) is 0 Å². The molecule has 2 N–H and O–H groups in total. The molecule has 76 valence electrons. The Kier molecular flexibility index (Phi) is 3.60. The number of esters is 1. The number of hydrogen-bond acceptors (Lipinski definition) is 3. The van der Waals surface area contributed by atoms with Gasteiger partial charge in [0.25, 0.3) is 0 Å². The summed E-state index contributed by atoms with van der Waals surface area (Å²) in [5.74, 6) is -1.06. The Hall–Kier alpha value is -0.940. The highest BCUT2D eigenvalue weighted by Gasteiger charge is 2.20. The highest BCUT2D eigenvalue weighted by molar-refractivity contribution is 9.10. The molecule has 0 bridgehead atoms. The van der Waals surface area contributed by atoms with Crippen LogP contribution in [0.2, 0.25) is 0 Å². The average Bonchev–Trinajstić information content (AvgIpc) is 2.20. The van der Waals surface area contributed by atoms with Crippen molar-refractivity contribution in [3.05, 3.63) is 34.1 Å². The highest BCUT2D eigenvalue weighted by Crippen LogP contribution is 2.25. The van der Waals surface area contributed by atoms with Crippen LogP contribution < -0.4 is 5.73 Å². The molecule has 0 radical (unpaired) electrons. The van der Waals surface area contributed by atoms with Crippen molar-refractivity contribution >= 4 is 21.9 Å². The SMILES string of the molecule is COC(=O)[C@@H](N)c1cccc(F)c1Br. The van der Waals surface area contributed by atoms with Gasteiger partial charge in [0.05, 0.1) is 11.6 Å². The van der Waals surface area contributed by atoms with E-state index in [0.29, 0.717) is 5.56 Å². The molecule has 1 atom stereocenters. The number of hydrogen-bond donors (Lipinski definition) is 1. The Labute approximate surface area is 89.2 Å². The van der Waals surface area contributed by atoms with Crippen molar-refractivity contribution in [3.8, 4) is 0 Å². The molecule has 1 rings (SSSR count). The minimum absolute atomic E-state index is 0.193. The zero-order valence-corrected chi connectivity index (χ0v) is 9.05. The molecule has 0 saturated heterocycles. The second-order valence-corrected chi connectivity index (χ2v) is 3.44. The number of halogens is 2. The van der Waals surface area contributed by atoms with Crippen LogP contribution in [0.15, 0.2) is 22.7 Å². The summed E-state index contributed by atoms with van der Waals surface area (Å²) in [6.07, 6.45) is 0. The molecular weight excluding hydrogens is 253 g/mol. The fraction of sp³-hybridized carbons (Fsp3) is 0.222. The molecule has 5 heteroatoms. The van der Waals surface area contributed by atoms with Crippen LogP contribution in [0, 0.1) is 5.82 Å². The van der Waals surface area contributed by atoms with E-state index in [0.717, 1.165) is 0 Å². The van der Waals surface area contributed by atoms with E-state index in [1.807, 2.05) is 0 Å². The van der Waals surface area contributed by atoms with Crippen molar-refractivity contribution in [1.29, 1.82) is 0 Å². The van der Waals surface area contributed by atoms with Gasteiger partial charge >= 0.3 is 5.97 Å². The van der Waals surface area contributed by atoms with Crippen LogP contribution in [-0.4, -0.2) is 13.1 Å². The van der Waals surface area contributed by atoms with Gasteiger partial charge in [0.2, 0.25) is 0 Å². The van der Waals surface area contributed by atoms with Gasteiger partial charge in [-0.1, -0.05) is 12.1 Å². The lowest BCUT2D eigenvalue weighted by atomic mass is 10.1. The lowest BCUT2D eigenvalue weighted by Crippen LogP contribution is -2.23. The van der Waals surface area contributed by atoms with E-state index < -0.39 is 17.8 Å². The van der Waals surface area contributed by atoms with Crippen LogP contribution in [0.3, 0.4) is 0 Å². The van der Waals surface area contributed by atoms with E-state index in [1.165, 1.54) is 19.2 Å². The van der Waals surface area contributed by atoms with Gasteiger partial charge in [-0.2, -0.15) is 0 Å². The third kappa shape index (κ3) is 2.10. The summed E-state index contributed by atoms with van der Waals surface area (Å²) in [5, 5.41) is 0. The molecule has 0 heterocycles. The predicted molar refractivity (Wildman–Crippen MR) is 53.0 cm³/mol. The Morgan fingerprint density at radius 1 is 1.64 bits per heavy atom. The van der Waals surface area contributed by atoms with Gasteiger partial charge in [0, 0.05) is 0 Å². The van der Waals surface area contributed by atoms with Crippen molar-refractivity contribution in [2.75, 3.05) is 7.11 Å². The van der Waals surface area contributed by atoms with Gasteiger partial charge in [-0.05, 0) is 27.6 Å². The standard InChI is InChI=1S/C9H9BrFNO2/c1-14-9(13)8(12)5-3-2-4-6(11)7(5)10/h2-4,8H,12H2,1H3/t8-/m0/s1. The molecule has 0 unspecified atom stereocenters. The van der Waals surface area contributed by atoms with Crippen LogP contribution in [0.5, 0.6) is 0 Å². The number of carbonyl (C=O) groups is 1. The van der Waals surface area contributed by atoms with Gasteiger partial charge in [-0.25, -0.2) is 4.39 Å². The molecule has 1 aromatic rings. The van der Waals surface area contributed by atoms with E-state index in [2.05, 4.69) is 20.7 Å². The third-order valence-electron chi connectivity index (χ3n) is 1.77. The summed E-state index contributed by atoms with van der Waals surface area (Å²) in [4.78, 5) is 11.1. The monoisotopic (exact) mass is 261 g/mol. The second kappa shape index (κ2) is 4.52. The lowest BCUT2D eigenvalue weighted by Gasteiger charge is -2.11. The first-order chi connectivity index (χ1) is 6.57. The van der Waals surface area contributed by atoms with Crippen molar-refractivity contribution in [3.63, 3.8) is 0 Å². The van der Waals surface area contributed by atoms with Crippen LogP contribution >= 0.6 is 15.9 Å². The quantitative estimate of drug-likeness (QED) is 0.826. The summed E-state index contributed by atoms with van der Waals surface area (Å²) in [7, 11) is 1.23. The van der Waals surface area contributed by atoms with Gasteiger partial charge in [0.1, 0.15) is 11.9 Å². The fourth-order valence-electron chi connectivity index (χ4n) is 1.01. The largest absolute Gasteiger partial charge is 0.468 e. The molecule has 0 fully saturated rings. The van der Waals surface area contributed by atoms with Crippen LogP contribution in [-0.2, 0) is 9.53 Å². The molecule has 1 aromatic carbocycles. The number of ether oxygens (including phenoxy) is 1. The van der Waals surface area contributed by atoms with Crippen molar-refractivity contribution < 1.29 is 13.9 Å². The first-order valence-corrected chi connectivity index (χ1v) is 4.64. The Balaban J connectivity index is 3.07. The lowest BCUT2D eigenvalue weighted by molar-refractivity contribution is -0.142. The minimum Gasteiger partial charge on any atom is -0.468 e. The summed E-state index contributed by atoms with van der Waals surface area (Å²) in [5.41, 5.74) is 5.92. The first-order valence-electron chi connectivity index (χ1n) is 3.85. The normalized spacial score (nSPS) is 12.3. The van der Waals surface area contributed by atoms with E-state index in [-0.39, 0.29) is 4.47 Å². The Morgan fingerprint density at radius 3 is 2.86 bits per heavy atom. The van der Waals surface area contributed by atoms with Crippen LogP contribution in [0.4, 0.5) is 4.39 Å². The van der Waals surface area contributed by atoms with E-state index >= 15 is 0 Å². The number of benzene rings is 1. The third-order valence-corrected chi connectivity index (χ3v) is 2.61. The molecule has 14 heavy (non-hydrogen) atoms. The molecule has 0 aliphatic carbocycles. The molecule has 0 aliphatic rings. The number of nitrogens with two attached hydrogens (primary N) is 1. The maximum atomic E-state index is 13.1. The van der Waals surface area contributed by atoms with Gasteiger partial charge in [-0.3, -0.25) is 4.79 Å². The summed E-state index contributed by atoms with van der Waals surface area (Å²) < 4.78 is 17.7. The van der Waals surface area contributed by atoms with E-state index in [9.17, 15) is 9.18 Å². The van der Waals surface area contributed by atoms with Gasteiger partial charge in [-0.15, -0.1) is 0 Å². The molecule has 0 spiro atoms. The van der Waals surface area contributed by atoms with Crippen molar-refractivity contribution in [2.45, 2.75) is 6.04 Å². The topological polar surface area (TPSA) is 52.3 Å². The van der Waals surface area contributed by atoms with Gasteiger partial charge < -0.3 is 10.5 Å². The first kappa shape index (κ1) is 11.1. The molecular formula is C9H9BrFNO2. The predicted octanol–water partition coefficient (Wildman–Crippen LogP) is 1.76. The number of methoxy groups -OCH3 is 1. The summed E-state index contributed by atoms with van der Waals surface area (Å²) in [6.45, 7) is 0. The number of rotatable bonds is 2. The molecule has 0 aromatic heterocycles. The van der Waals surface area contributed by atoms with Gasteiger partial charge in [0.15, 0.2) is 0 Å². The Morgan fingerprint density at radius 2 is 2.29 bits per heavy atom. The minimum atomic E-state index is -0.968. The van der Waals surface area contributed by atoms with Crippen molar-refractivity contribution in [2.24, 2.45) is 5.73 Å². The molecule has 0 aliphatic heterocycles. The number of carbonyl (C=O) groups excluding carboxylic acids is 1. The average molecular weight is 262 g/mol. The van der Waals surface area contributed by atoms with E-state index in [1.54, 1.807) is 6.07 Å². The zero-order valence-electron chi connectivity index (χ0n) is 7.46. The zero-order chi connectivity index (χ0) is 10.7. The summed E-state index contributed by atoms with van der Waals surface area (Å²) in [6, 6.07) is 3.36. The summed E-state index contributed by atoms with van der Waals surface area (Å²) >= 11 is 3.02. The molecule has 0 saturated carbocycles. The molecule has 3 nitrogen and oxygen atoms in total. The maximum Gasteiger partial charge on any atom is 0.327 e. The van der Waals surface area contributed by atoms with Crippen LogP contribution in [0.1, 0.15) is 11.6 Å². The smallest absolute Gasteiger partial charge is 0.327 e. The maximum absolute atomic E-state index is 13.1. The van der Waals surface area contributed by atoms with Crippen molar-refractivity contribution in [1.82, 2.24) is 0 Å². The second-order valence-electron chi connectivity index (χ2n) is 2.64. The highest BCUT2D eigenvalue weighted by atomic mass is 79.9. The fourth-order valence-corrected chi connectivity index (χ4v) is 1.53. The van der Waals surface area contributed by atoms with E-state index in [4.69, 9.17) is 5.73 Å². The molecule has 0 amide bonds.